The van der Waals surface area contributed by atoms with E-state index in [0.717, 1.165) is 11.3 Å². The Hall–Kier alpha value is -1.28. The number of rotatable bonds is 3. The molecule has 1 aliphatic rings. The van der Waals surface area contributed by atoms with Gasteiger partial charge in [-0.15, -0.1) is 0 Å². The van der Waals surface area contributed by atoms with Gasteiger partial charge in [0.1, 0.15) is 11.3 Å². The van der Waals surface area contributed by atoms with Crippen LogP contribution in [0.25, 0.3) is 11.0 Å². The monoisotopic (exact) mass is 201 g/mol. The van der Waals surface area contributed by atoms with Gasteiger partial charge < -0.3 is 9.73 Å². The lowest BCUT2D eigenvalue weighted by Crippen LogP contribution is -2.19. The zero-order valence-electron chi connectivity index (χ0n) is 8.86. The molecule has 0 spiro atoms. The van der Waals surface area contributed by atoms with Crippen LogP contribution in [0.5, 0.6) is 0 Å². The minimum absolute atomic E-state index is 0.324. The summed E-state index contributed by atoms with van der Waals surface area (Å²) in [5, 5.41) is 4.73. The van der Waals surface area contributed by atoms with Gasteiger partial charge in [-0.1, -0.05) is 18.2 Å². The fraction of sp³-hybridized carbons (Fsp3) is 0.385. The number of nitrogens with one attached hydrogen (secondary N) is 1. The Kier molecular flexibility index (Phi) is 2.03. The normalized spacial score (nSPS) is 18.2. The van der Waals surface area contributed by atoms with Crippen molar-refractivity contribution in [1.29, 1.82) is 0 Å². The van der Waals surface area contributed by atoms with Crippen LogP contribution in [0.4, 0.5) is 0 Å². The average Bonchev–Trinajstić information content (AvgIpc) is 2.95. The van der Waals surface area contributed by atoms with Crippen LogP contribution in [0.2, 0.25) is 0 Å². The van der Waals surface area contributed by atoms with E-state index in [9.17, 15) is 0 Å². The molecule has 1 atom stereocenters. The topological polar surface area (TPSA) is 25.2 Å². The first-order valence-corrected chi connectivity index (χ1v) is 5.57. The molecule has 1 unspecified atom stereocenters. The van der Waals surface area contributed by atoms with Crippen LogP contribution in [-0.2, 0) is 0 Å². The van der Waals surface area contributed by atoms with E-state index in [1.807, 2.05) is 18.2 Å². The predicted octanol–water partition coefficient (Wildman–Crippen LogP) is 3.25. The Balaban J connectivity index is 1.89. The number of fused-ring (bicyclic) bond motifs is 1. The number of hydrogen-bond donors (Lipinski definition) is 1. The highest BCUT2D eigenvalue weighted by Gasteiger charge is 2.24. The number of para-hydroxylation sites is 1. The second-order valence-corrected chi connectivity index (χ2v) is 4.35. The van der Waals surface area contributed by atoms with Crippen LogP contribution in [0.1, 0.15) is 31.6 Å². The molecular weight excluding hydrogens is 186 g/mol. The van der Waals surface area contributed by atoms with Crippen molar-refractivity contribution in [3.63, 3.8) is 0 Å². The van der Waals surface area contributed by atoms with Crippen molar-refractivity contribution in [2.24, 2.45) is 0 Å². The van der Waals surface area contributed by atoms with Gasteiger partial charge in [0.05, 0.1) is 6.04 Å². The summed E-state index contributed by atoms with van der Waals surface area (Å²) >= 11 is 0. The number of hydrogen-bond acceptors (Lipinski definition) is 2. The first-order valence-electron chi connectivity index (χ1n) is 5.57. The summed E-state index contributed by atoms with van der Waals surface area (Å²) in [6.07, 6.45) is 2.62. The molecule has 2 nitrogen and oxygen atoms in total. The lowest BCUT2D eigenvalue weighted by atomic mass is 10.2. The van der Waals surface area contributed by atoms with Gasteiger partial charge in [0.25, 0.3) is 0 Å². The maximum absolute atomic E-state index is 5.80. The van der Waals surface area contributed by atoms with Gasteiger partial charge in [0, 0.05) is 11.4 Å². The lowest BCUT2D eigenvalue weighted by molar-refractivity contribution is 0.449. The third-order valence-electron chi connectivity index (χ3n) is 2.93. The predicted molar refractivity (Wildman–Crippen MR) is 60.8 cm³/mol. The van der Waals surface area contributed by atoms with Crippen molar-refractivity contribution in [1.82, 2.24) is 5.32 Å². The van der Waals surface area contributed by atoms with Crippen LogP contribution in [-0.4, -0.2) is 6.04 Å². The molecule has 0 saturated heterocycles. The summed E-state index contributed by atoms with van der Waals surface area (Å²) in [4.78, 5) is 0. The second kappa shape index (κ2) is 3.38. The fourth-order valence-electron chi connectivity index (χ4n) is 1.90. The molecule has 1 saturated carbocycles. The van der Waals surface area contributed by atoms with E-state index < -0.39 is 0 Å². The zero-order chi connectivity index (χ0) is 10.3. The number of furan rings is 1. The van der Waals surface area contributed by atoms with Gasteiger partial charge in [0.15, 0.2) is 0 Å². The molecule has 0 amide bonds. The fourth-order valence-corrected chi connectivity index (χ4v) is 1.90. The molecule has 0 bridgehead atoms. The summed E-state index contributed by atoms with van der Waals surface area (Å²) in [5.41, 5.74) is 0.983. The molecule has 2 heteroatoms. The zero-order valence-corrected chi connectivity index (χ0v) is 8.86. The number of benzene rings is 1. The van der Waals surface area contributed by atoms with Gasteiger partial charge in [-0.2, -0.15) is 0 Å². The molecule has 3 rings (SSSR count). The van der Waals surface area contributed by atoms with Crippen LogP contribution < -0.4 is 5.32 Å². The molecule has 1 heterocycles. The molecular formula is C13H15NO. The molecule has 1 aromatic heterocycles. The Morgan fingerprint density at radius 3 is 2.87 bits per heavy atom. The first-order chi connectivity index (χ1) is 7.33. The Labute approximate surface area is 89.3 Å². The van der Waals surface area contributed by atoms with Crippen molar-refractivity contribution >= 4 is 11.0 Å². The molecule has 0 radical (unpaired) electrons. The van der Waals surface area contributed by atoms with E-state index in [2.05, 4.69) is 24.4 Å². The summed E-state index contributed by atoms with van der Waals surface area (Å²) in [6, 6.07) is 11.3. The van der Waals surface area contributed by atoms with E-state index >= 15 is 0 Å². The van der Waals surface area contributed by atoms with Crippen molar-refractivity contribution in [3.8, 4) is 0 Å². The van der Waals surface area contributed by atoms with Crippen molar-refractivity contribution in [2.75, 3.05) is 0 Å². The van der Waals surface area contributed by atoms with Crippen LogP contribution in [0, 0.1) is 0 Å². The minimum atomic E-state index is 0.324. The molecule has 1 aliphatic carbocycles. The quantitative estimate of drug-likeness (QED) is 0.824. The largest absolute Gasteiger partial charge is 0.459 e. The average molecular weight is 201 g/mol. The van der Waals surface area contributed by atoms with Crippen LogP contribution in [0.15, 0.2) is 34.7 Å². The van der Waals surface area contributed by atoms with Crippen molar-refractivity contribution in [3.05, 3.63) is 36.1 Å². The van der Waals surface area contributed by atoms with Gasteiger partial charge >= 0.3 is 0 Å². The molecule has 1 fully saturated rings. The van der Waals surface area contributed by atoms with Gasteiger partial charge in [-0.3, -0.25) is 0 Å². The molecule has 15 heavy (non-hydrogen) atoms. The molecule has 2 aromatic rings. The Morgan fingerprint density at radius 2 is 2.13 bits per heavy atom. The molecule has 78 valence electrons. The van der Waals surface area contributed by atoms with E-state index in [1.54, 1.807) is 0 Å². The highest BCUT2D eigenvalue weighted by Crippen LogP contribution is 2.27. The van der Waals surface area contributed by atoms with Gasteiger partial charge in [-0.25, -0.2) is 0 Å². The smallest absolute Gasteiger partial charge is 0.134 e. The summed E-state index contributed by atoms with van der Waals surface area (Å²) in [6.45, 7) is 2.16. The lowest BCUT2D eigenvalue weighted by Gasteiger charge is -2.09. The molecule has 1 N–H and O–H groups in total. The van der Waals surface area contributed by atoms with E-state index in [4.69, 9.17) is 4.42 Å². The maximum Gasteiger partial charge on any atom is 0.134 e. The minimum Gasteiger partial charge on any atom is -0.459 e. The second-order valence-electron chi connectivity index (χ2n) is 4.35. The van der Waals surface area contributed by atoms with Crippen LogP contribution >= 0.6 is 0 Å². The van der Waals surface area contributed by atoms with E-state index in [0.29, 0.717) is 12.1 Å². The van der Waals surface area contributed by atoms with Crippen molar-refractivity contribution in [2.45, 2.75) is 31.8 Å². The Morgan fingerprint density at radius 1 is 1.33 bits per heavy atom. The summed E-state index contributed by atoms with van der Waals surface area (Å²) < 4.78 is 5.80. The van der Waals surface area contributed by atoms with Crippen molar-refractivity contribution < 1.29 is 4.42 Å². The maximum atomic E-state index is 5.80. The highest BCUT2D eigenvalue weighted by atomic mass is 16.3. The van der Waals surface area contributed by atoms with Crippen LogP contribution in [0.3, 0.4) is 0 Å². The summed E-state index contributed by atoms with van der Waals surface area (Å²) in [7, 11) is 0. The van der Waals surface area contributed by atoms with E-state index in [1.165, 1.54) is 18.2 Å². The molecule has 0 aliphatic heterocycles. The van der Waals surface area contributed by atoms with Gasteiger partial charge in [-0.05, 0) is 31.9 Å². The summed E-state index contributed by atoms with van der Waals surface area (Å²) in [5.74, 6) is 1.04. The third-order valence-corrected chi connectivity index (χ3v) is 2.93. The molecule has 1 aromatic carbocycles. The highest BCUT2D eigenvalue weighted by molar-refractivity contribution is 5.77. The SMILES string of the molecule is CC(NC1CC1)c1cc2ccccc2o1. The standard InChI is InChI=1S/C13H15NO/c1-9(14-11-6-7-11)13-8-10-4-2-3-5-12(10)15-13/h2-5,8-9,11,14H,6-7H2,1H3. The third kappa shape index (κ3) is 1.77. The van der Waals surface area contributed by atoms with Gasteiger partial charge in [0.2, 0.25) is 0 Å². The van der Waals surface area contributed by atoms with E-state index in [-0.39, 0.29) is 0 Å². The first kappa shape index (κ1) is 8.98. The Bertz CT molecular complexity index is 437.